The number of hydrogen-bond acceptors (Lipinski definition) is 2. The number of nitrogens with one attached hydrogen (secondary N) is 1. The molecule has 1 aromatic heterocycles. The quantitative estimate of drug-likeness (QED) is 0.886. The molecule has 0 spiro atoms. The van der Waals surface area contributed by atoms with Gasteiger partial charge in [-0.05, 0) is 78.8 Å². The first-order valence-corrected chi connectivity index (χ1v) is 8.14. The maximum Gasteiger partial charge on any atom is 0.371 e. The third kappa shape index (κ3) is 2.29. The van der Waals surface area contributed by atoms with E-state index in [9.17, 15) is 4.79 Å². The lowest BCUT2D eigenvalue weighted by Crippen LogP contribution is -2.01. The largest absolute Gasteiger partial charge is 0.475 e. The lowest BCUT2D eigenvalue weighted by Gasteiger charge is -2.18. The van der Waals surface area contributed by atoms with Gasteiger partial charge in [-0.2, -0.15) is 0 Å². The minimum Gasteiger partial charge on any atom is -0.475 e. The number of allylic oxidation sites excluding steroid dienone is 1. The highest BCUT2D eigenvalue weighted by molar-refractivity contribution is 5.85. The van der Waals surface area contributed by atoms with E-state index in [1.54, 1.807) is 11.8 Å². The van der Waals surface area contributed by atoms with Gasteiger partial charge < -0.3 is 10.1 Å². The molecule has 4 heteroatoms. The predicted molar refractivity (Wildman–Crippen MR) is 89.6 cm³/mol. The molecule has 4 nitrogen and oxygen atoms in total. The van der Waals surface area contributed by atoms with E-state index in [-0.39, 0.29) is 5.82 Å². The molecule has 2 unspecified atom stereocenters. The highest BCUT2D eigenvalue weighted by Gasteiger charge is 2.37. The number of benzene rings is 1. The fourth-order valence-electron chi connectivity index (χ4n) is 4.24. The number of aryl methyl sites for hydroxylation is 1. The van der Waals surface area contributed by atoms with E-state index in [4.69, 9.17) is 5.11 Å². The van der Waals surface area contributed by atoms with E-state index in [0.29, 0.717) is 5.69 Å². The van der Waals surface area contributed by atoms with E-state index in [0.717, 1.165) is 17.4 Å². The summed E-state index contributed by atoms with van der Waals surface area (Å²) in [6, 6.07) is 4.71. The zero-order valence-electron chi connectivity index (χ0n) is 13.4. The Kier molecular flexibility index (Phi) is 3.15. The molecule has 0 saturated heterocycles. The molecule has 23 heavy (non-hydrogen) atoms. The molecule has 1 saturated carbocycles. The van der Waals surface area contributed by atoms with Crippen molar-refractivity contribution in [3.63, 3.8) is 0 Å². The van der Waals surface area contributed by atoms with E-state index in [1.165, 1.54) is 36.0 Å². The summed E-state index contributed by atoms with van der Waals surface area (Å²) in [6.45, 7) is 4.23. The first kappa shape index (κ1) is 14.2. The first-order valence-electron chi connectivity index (χ1n) is 8.14. The van der Waals surface area contributed by atoms with Crippen molar-refractivity contribution in [1.29, 1.82) is 0 Å². The number of rotatable bonds is 3. The van der Waals surface area contributed by atoms with Crippen LogP contribution in [0.5, 0.6) is 0 Å². The van der Waals surface area contributed by atoms with Crippen LogP contribution < -0.4 is 0 Å². The minimum absolute atomic E-state index is 0.0213. The van der Waals surface area contributed by atoms with Crippen LogP contribution in [0.3, 0.4) is 0 Å². The van der Waals surface area contributed by atoms with Crippen LogP contribution in [0.25, 0.3) is 11.6 Å². The van der Waals surface area contributed by atoms with Gasteiger partial charge in [-0.15, -0.1) is 0 Å². The lowest BCUT2D eigenvalue weighted by atomic mass is 9.87. The predicted octanol–water partition coefficient (Wildman–Crippen LogP) is 4.34. The van der Waals surface area contributed by atoms with Crippen molar-refractivity contribution in [2.45, 2.75) is 44.9 Å². The number of aromatic amines is 1. The molecule has 2 aliphatic carbocycles. The van der Waals surface area contributed by atoms with Gasteiger partial charge in [0.15, 0.2) is 0 Å². The number of fused-ring (bicyclic) bond motifs is 5. The summed E-state index contributed by atoms with van der Waals surface area (Å²) < 4.78 is 0. The molecule has 0 aliphatic heterocycles. The molecule has 2 bridgehead atoms. The number of hydrogen-bond donors (Lipinski definition) is 2. The summed E-state index contributed by atoms with van der Waals surface area (Å²) in [5.41, 5.74) is 7.40. The topological polar surface area (TPSA) is 66.0 Å². The number of carboxylic acid groups (broad SMARTS) is 1. The zero-order chi connectivity index (χ0) is 16.1. The Morgan fingerprint density at radius 3 is 2.65 bits per heavy atom. The van der Waals surface area contributed by atoms with E-state index in [2.05, 4.69) is 35.9 Å². The summed E-state index contributed by atoms with van der Waals surface area (Å²) in [5, 5.41) is 8.95. The van der Waals surface area contributed by atoms with Crippen LogP contribution in [-0.2, 0) is 0 Å². The van der Waals surface area contributed by atoms with Gasteiger partial charge in [0, 0.05) is 6.20 Å². The van der Waals surface area contributed by atoms with Crippen LogP contribution in [0, 0.1) is 6.92 Å². The number of carboxylic acids is 1. The smallest absolute Gasteiger partial charge is 0.371 e. The zero-order valence-corrected chi connectivity index (χ0v) is 13.4. The lowest BCUT2D eigenvalue weighted by molar-refractivity contribution is 0.0684. The van der Waals surface area contributed by atoms with E-state index >= 15 is 0 Å². The molecular formula is C19H20N2O2. The van der Waals surface area contributed by atoms with Crippen molar-refractivity contribution in [3.05, 3.63) is 52.1 Å². The summed E-state index contributed by atoms with van der Waals surface area (Å²) in [5.74, 6) is 0.460. The highest BCUT2D eigenvalue weighted by Crippen LogP contribution is 2.53. The molecule has 0 amide bonds. The summed E-state index contributed by atoms with van der Waals surface area (Å²) in [4.78, 5) is 17.7. The van der Waals surface area contributed by atoms with Crippen LogP contribution in [0.15, 0.2) is 18.3 Å². The molecule has 2 N–H and O–H groups in total. The Morgan fingerprint density at radius 1 is 1.30 bits per heavy atom. The second-order valence-corrected chi connectivity index (χ2v) is 6.81. The number of imidazole rings is 1. The van der Waals surface area contributed by atoms with Crippen molar-refractivity contribution in [1.82, 2.24) is 9.97 Å². The highest BCUT2D eigenvalue weighted by atomic mass is 16.4. The van der Waals surface area contributed by atoms with Gasteiger partial charge in [0.25, 0.3) is 0 Å². The molecule has 118 valence electrons. The van der Waals surface area contributed by atoms with E-state index in [1.807, 2.05) is 6.08 Å². The molecule has 4 rings (SSSR count). The summed E-state index contributed by atoms with van der Waals surface area (Å²) >= 11 is 0. The fourth-order valence-corrected chi connectivity index (χ4v) is 4.24. The fraction of sp³-hybridized carbons (Fsp3) is 0.368. The Labute approximate surface area is 135 Å². The van der Waals surface area contributed by atoms with Gasteiger partial charge in [0.05, 0.1) is 5.69 Å². The van der Waals surface area contributed by atoms with Crippen molar-refractivity contribution in [2.24, 2.45) is 0 Å². The normalized spacial score (nSPS) is 22.4. The van der Waals surface area contributed by atoms with Crippen LogP contribution in [-0.4, -0.2) is 21.0 Å². The molecular weight excluding hydrogens is 288 g/mol. The summed E-state index contributed by atoms with van der Waals surface area (Å²) in [7, 11) is 0. The van der Waals surface area contributed by atoms with Gasteiger partial charge in [-0.1, -0.05) is 12.1 Å². The SMILES string of the molecule is C/C(=C\c1c[nH]c(C(=O)O)n1)c1cc2c(cc1C)C1CCC2C1. The molecule has 2 aliphatic rings. The van der Waals surface area contributed by atoms with E-state index < -0.39 is 5.97 Å². The third-order valence-corrected chi connectivity index (χ3v) is 5.33. The molecule has 0 radical (unpaired) electrons. The first-order chi connectivity index (χ1) is 11.0. The molecule has 1 aromatic carbocycles. The third-order valence-electron chi connectivity index (χ3n) is 5.33. The van der Waals surface area contributed by atoms with Crippen molar-refractivity contribution in [2.75, 3.05) is 0 Å². The number of aromatic carboxylic acids is 1. The standard InChI is InChI=1S/C19H20N2O2/c1-10(5-14-9-20-18(21-14)19(22)23)15-8-17-13-4-3-12(7-13)16(17)6-11(15)2/h5-6,8-9,12-13H,3-4,7H2,1-2H3,(H,20,21)(H,22,23)/b10-5+. The van der Waals surface area contributed by atoms with Crippen molar-refractivity contribution < 1.29 is 9.90 Å². The molecule has 2 aromatic rings. The maximum atomic E-state index is 10.9. The summed E-state index contributed by atoms with van der Waals surface area (Å²) in [6.07, 6.45) is 7.57. The van der Waals surface area contributed by atoms with Gasteiger partial charge in [-0.25, -0.2) is 9.78 Å². The average Bonchev–Trinajstić information content (AvgIpc) is 3.21. The molecule has 1 fully saturated rings. The van der Waals surface area contributed by atoms with Crippen LogP contribution in [0.2, 0.25) is 0 Å². The van der Waals surface area contributed by atoms with Crippen molar-refractivity contribution in [3.8, 4) is 0 Å². The van der Waals surface area contributed by atoms with Gasteiger partial charge in [0.1, 0.15) is 0 Å². The Hall–Kier alpha value is -2.36. The average molecular weight is 308 g/mol. The number of H-pyrrole nitrogens is 1. The maximum absolute atomic E-state index is 10.9. The second-order valence-electron chi connectivity index (χ2n) is 6.81. The Balaban J connectivity index is 1.71. The number of nitrogens with zero attached hydrogens (tertiary/aromatic N) is 1. The van der Waals surface area contributed by atoms with Crippen LogP contribution in [0.4, 0.5) is 0 Å². The monoisotopic (exact) mass is 308 g/mol. The van der Waals surface area contributed by atoms with Crippen LogP contribution >= 0.6 is 0 Å². The molecule has 1 heterocycles. The molecule has 2 atom stereocenters. The second kappa shape index (κ2) is 5.08. The van der Waals surface area contributed by atoms with Gasteiger partial charge >= 0.3 is 5.97 Å². The van der Waals surface area contributed by atoms with Gasteiger partial charge in [0.2, 0.25) is 5.82 Å². The van der Waals surface area contributed by atoms with Crippen molar-refractivity contribution >= 4 is 17.6 Å². The number of aromatic nitrogens is 2. The van der Waals surface area contributed by atoms with Gasteiger partial charge in [-0.3, -0.25) is 0 Å². The number of carbonyl (C=O) groups is 1. The Morgan fingerprint density at radius 2 is 2.00 bits per heavy atom. The Bertz CT molecular complexity index is 832. The van der Waals surface area contributed by atoms with Crippen LogP contribution in [0.1, 0.15) is 76.6 Å². The minimum atomic E-state index is -1.04.